The zero-order valence-corrected chi connectivity index (χ0v) is 14.8. The number of hydrogen-bond acceptors (Lipinski definition) is 3. The molecule has 0 saturated carbocycles. The van der Waals surface area contributed by atoms with Crippen molar-refractivity contribution in [3.63, 3.8) is 0 Å². The van der Waals surface area contributed by atoms with Crippen LogP contribution >= 0.6 is 0 Å². The second-order valence-electron chi connectivity index (χ2n) is 6.99. The summed E-state index contributed by atoms with van der Waals surface area (Å²) in [5, 5.41) is 3.00. The first-order valence-corrected chi connectivity index (χ1v) is 9.05. The fourth-order valence-corrected chi connectivity index (χ4v) is 3.75. The number of methoxy groups -OCH3 is 1. The molecule has 1 aromatic rings. The van der Waals surface area contributed by atoms with Crippen LogP contribution in [0.5, 0.6) is 0 Å². The van der Waals surface area contributed by atoms with Crippen molar-refractivity contribution < 1.29 is 9.53 Å². The molecule has 1 aromatic carbocycles. The monoisotopic (exact) mass is 331 g/mol. The first kappa shape index (κ1) is 17.2. The first-order valence-electron chi connectivity index (χ1n) is 9.05. The molecule has 0 atom stereocenters. The van der Waals surface area contributed by atoms with E-state index in [2.05, 4.69) is 10.2 Å². The zero-order valence-electron chi connectivity index (χ0n) is 14.8. The van der Waals surface area contributed by atoms with Crippen molar-refractivity contribution in [2.75, 3.05) is 38.6 Å². The summed E-state index contributed by atoms with van der Waals surface area (Å²) >= 11 is 0. The lowest BCUT2D eigenvalue weighted by molar-refractivity contribution is 0.0173. The maximum Gasteiger partial charge on any atom is 0.321 e. The number of anilines is 1. The number of rotatable bonds is 3. The molecule has 2 heterocycles. The van der Waals surface area contributed by atoms with E-state index >= 15 is 0 Å². The van der Waals surface area contributed by atoms with Gasteiger partial charge in [-0.15, -0.1) is 0 Å². The predicted octanol–water partition coefficient (Wildman–Crippen LogP) is 3.10. The normalized spacial score (nSPS) is 21.0. The Labute approximate surface area is 145 Å². The van der Waals surface area contributed by atoms with Gasteiger partial charge in [0, 0.05) is 45.0 Å². The number of nitrogens with one attached hydrogen (secondary N) is 1. The Morgan fingerprint density at radius 3 is 2.25 bits per heavy atom. The number of ether oxygens (including phenoxy) is 1. The second-order valence-corrected chi connectivity index (χ2v) is 6.99. The van der Waals surface area contributed by atoms with Crippen LogP contribution in [0.3, 0.4) is 0 Å². The lowest BCUT2D eigenvalue weighted by Gasteiger charge is -2.41. The summed E-state index contributed by atoms with van der Waals surface area (Å²) in [6.07, 6.45) is 4.83. The van der Waals surface area contributed by atoms with E-state index in [9.17, 15) is 4.79 Å². The van der Waals surface area contributed by atoms with Gasteiger partial charge in [0.2, 0.25) is 0 Å². The van der Waals surface area contributed by atoms with Gasteiger partial charge in [0.05, 0.1) is 6.10 Å². The van der Waals surface area contributed by atoms with Crippen LogP contribution in [-0.2, 0) is 4.74 Å². The zero-order chi connectivity index (χ0) is 16.9. The molecule has 24 heavy (non-hydrogen) atoms. The number of urea groups is 1. The van der Waals surface area contributed by atoms with Gasteiger partial charge in [-0.05, 0) is 44.7 Å². The molecule has 2 aliphatic heterocycles. The van der Waals surface area contributed by atoms with Crippen molar-refractivity contribution in [3.05, 3.63) is 29.8 Å². The van der Waals surface area contributed by atoms with Gasteiger partial charge in [-0.3, -0.25) is 0 Å². The van der Waals surface area contributed by atoms with Gasteiger partial charge in [0.1, 0.15) is 0 Å². The summed E-state index contributed by atoms with van der Waals surface area (Å²) in [5.74, 6) is 0. The van der Waals surface area contributed by atoms with Crippen molar-refractivity contribution in [1.29, 1.82) is 0 Å². The molecule has 132 valence electrons. The number of benzene rings is 1. The molecule has 0 aromatic heterocycles. The second kappa shape index (κ2) is 7.99. The number of carbonyl (C=O) groups excluding carboxylic acids is 1. The third kappa shape index (κ3) is 4.28. The number of amides is 2. The standard InChI is InChI=1S/C19H29N3O2/c1-15-3-5-16(6-4-15)20-19(23)22-11-7-17(8-12-22)21-13-9-18(24-2)10-14-21/h3-6,17-18H,7-14H2,1-2H3,(H,20,23). The predicted molar refractivity (Wildman–Crippen MR) is 96.4 cm³/mol. The van der Waals surface area contributed by atoms with Crippen molar-refractivity contribution in [2.45, 2.75) is 44.8 Å². The molecule has 0 aliphatic carbocycles. The number of likely N-dealkylation sites (tertiary alicyclic amines) is 2. The topological polar surface area (TPSA) is 44.8 Å². The minimum Gasteiger partial charge on any atom is -0.381 e. The van der Waals surface area contributed by atoms with Crippen LogP contribution in [0.1, 0.15) is 31.2 Å². The van der Waals surface area contributed by atoms with Gasteiger partial charge in [-0.25, -0.2) is 4.79 Å². The van der Waals surface area contributed by atoms with E-state index in [4.69, 9.17) is 4.74 Å². The highest BCUT2D eigenvalue weighted by Crippen LogP contribution is 2.22. The van der Waals surface area contributed by atoms with Crippen LogP contribution < -0.4 is 5.32 Å². The highest BCUT2D eigenvalue weighted by molar-refractivity contribution is 5.89. The van der Waals surface area contributed by atoms with Gasteiger partial charge in [0.15, 0.2) is 0 Å². The number of hydrogen-bond donors (Lipinski definition) is 1. The molecule has 5 heteroatoms. The summed E-state index contributed by atoms with van der Waals surface area (Å²) in [7, 11) is 1.81. The Kier molecular flexibility index (Phi) is 5.74. The van der Waals surface area contributed by atoms with Gasteiger partial charge in [-0.2, -0.15) is 0 Å². The minimum atomic E-state index is 0.0235. The molecule has 2 amide bonds. The van der Waals surface area contributed by atoms with Crippen LogP contribution in [-0.4, -0.2) is 61.3 Å². The molecule has 0 bridgehead atoms. The molecule has 2 fully saturated rings. The quantitative estimate of drug-likeness (QED) is 0.926. The molecule has 0 spiro atoms. The largest absolute Gasteiger partial charge is 0.381 e. The SMILES string of the molecule is COC1CCN(C2CCN(C(=O)Nc3ccc(C)cc3)CC2)CC1. The van der Waals surface area contributed by atoms with Gasteiger partial charge in [-0.1, -0.05) is 17.7 Å². The maximum absolute atomic E-state index is 12.4. The minimum absolute atomic E-state index is 0.0235. The Morgan fingerprint density at radius 1 is 1.04 bits per heavy atom. The van der Waals surface area contributed by atoms with Gasteiger partial charge in [0.25, 0.3) is 0 Å². The van der Waals surface area contributed by atoms with Crippen molar-refractivity contribution in [2.24, 2.45) is 0 Å². The third-order valence-electron chi connectivity index (χ3n) is 5.38. The van der Waals surface area contributed by atoms with Crippen LogP contribution in [0.15, 0.2) is 24.3 Å². The molecule has 5 nitrogen and oxygen atoms in total. The third-order valence-corrected chi connectivity index (χ3v) is 5.38. The summed E-state index contributed by atoms with van der Waals surface area (Å²) in [5.41, 5.74) is 2.07. The Balaban J connectivity index is 1.44. The lowest BCUT2D eigenvalue weighted by atomic mass is 9.99. The summed E-state index contributed by atoms with van der Waals surface area (Å²) in [6.45, 7) is 5.97. The average Bonchev–Trinajstić information content (AvgIpc) is 2.64. The van der Waals surface area contributed by atoms with Crippen LogP contribution in [0.4, 0.5) is 10.5 Å². The first-order chi connectivity index (χ1) is 11.7. The van der Waals surface area contributed by atoms with E-state index in [1.165, 1.54) is 5.56 Å². The number of nitrogens with zero attached hydrogens (tertiary/aromatic N) is 2. The summed E-state index contributed by atoms with van der Waals surface area (Å²) in [4.78, 5) is 16.9. The Morgan fingerprint density at radius 2 is 1.67 bits per heavy atom. The average molecular weight is 331 g/mol. The fourth-order valence-electron chi connectivity index (χ4n) is 3.75. The van der Waals surface area contributed by atoms with E-state index in [0.717, 1.165) is 57.5 Å². The van der Waals surface area contributed by atoms with Crippen molar-refractivity contribution in [3.8, 4) is 0 Å². The highest BCUT2D eigenvalue weighted by Gasteiger charge is 2.29. The fraction of sp³-hybridized carbons (Fsp3) is 0.632. The van der Waals surface area contributed by atoms with Gasteiger partial charge < -0.3 is 19.9 Å². The van der Waals surface area contributed by atoms with E-state index in [0.29, 0.717) is 12.1 Å². The molecule has 3 rings (SSSR count). The molecule has 2 saturated heterocycles. The molecule has 0 unspecified atom stereocenters. The maximum atomic E-state index is 12.4. The summed E-state index contributed by atoms with van der Waals surface area (Å²) in [6, 6.07) is 8.60. The number of aryl methyl sites for hydroxylation is 1. The van der Waals surface area contributed by atoms with E-state index < -0.39 is 0 Å². The molecule has 0 radical (unpaired) electrons. The van der Waals surface area contributed by atoms with Crippen LogP contribution in [0.25, 0.3) is 0 Å². The number of piperidine rings is 2. The smallest absolute Gasteiger partial charge is 0.321 e. The van der Waals surface area contributed by atoms with Crippen molar-refractivity contribution in [1.82, 2.24) is 9.80 Å². The lowest BCUT2D eigenvalue weighted by Crippen LogP contribution is -2.50. The van der Waals surface area contributed by atoms with Crippen molar-refractivity contribution >= 4 is 11.7 Å². The van der Waals surface area contributed by atoms with Gasteiger partial charge >= 0.3 is 6.03 Å². The Hall–Kier alpha value is -1.59. The molecule has 2 aliphatic rings. The van der Waals surface area contributed by atoms with Crippen LogP contribution in [0.2, 0.25) is 0 Å². The van der Waals surface area contributed by atoms with E-state index in [1.54, 1.807) is 0 Å². The Bertz CT molecular complexity index is 530. The molecular formula is C19H29N3O2. The summed E-state index contributed by atoms with van der Waals surface area (Å²) < 4.78 is 5.45. The van der Waals surface area contributed by atoms with E-state index in [-0.39, 0.29) is 6.03 Å². The molecular weight excluding hydrogens is 302 g/mol. The number of carbonyl (C=O) groups is 1. The molecule has 1 N–H and O–H groups in total. The van der Waals surface area contributed by atoms with E-state index in [1.807, 2.05) is 43.2 Å². The van der Waals surface area contributed by atoms with Crippen LogP contribution in [0, 0.1) is 6.92 Å². The highest BCUT2D eigenvalue weighted by atomic mass is 16.5.